The molecule has 1 nitrogen and oxygen atoms in total. The summed E-state index contributed by atoms with van der Waals surface area (Å²) in [5.41, 5.74) is -4.68. The van der Waals surface area contributed by atoms with Crippen LogP contribution < -0.4 is 0 Å². The molecule has 0 radical (unpaired) electrons. The van der Waals surface area contributed by atoms with Gasteiger partial charge in [-0.1, -0.05) is 32.1 Å². The van der Waals surface area contributed by atoms with Crippen LogP contribution in [0.5, 0.6) is 0 Å². The van der Waals surface area contributed by atoms with Crippen molar-refractivity contribution in [1.29, 1.82) is 0 Å². The third kappa shape index (κ3) is 4.40. The molecule has 1 aliphatic carbocycles. The lowest BCUT2D eigenvalue weighted by Crippen LogP contribution is -2.28. The first-order valence-electron chi connectivity index (χ1n) is 7.55. The van der Waals surface area contributed by atoms with Crippen molar-refractivity contribution in [3.8, 4) is 0 Å². The van der Waals surface area contributed by atoms with Crippen LogP contribution in [0.25, 0.3) is 0 Å². The average molecular weight is 340 g/mol. The van der Waals surface area contributed by atoms with Crippen LogP contribution in [0.3, 0.4) is 0 Å². The molecule has 0 aromatic heterocycles. The molecule has 1 aromatic carbocycles. The van der Waals surface area contributed by atoms with Gasteiger partial charge in [-0.25, -0.2) is 0 Å². The highest BCUT2D eigenvalue weighted by Crippen LogP contribution is 2.41. The van der Waals surface area contributed by atoms with E-state index in [1.165, 1.54) is 0 Å². The molecule has 0 unspecified atom stereocenters. The molecule has 1 N–H and O–H groups in total. The predicted octanol–water partition coefficient (Wildman–Crippen LogP) is 5.66. The van der Waals surface area contributed by atoms with Gasteiger partial charge in [0, 0.05) is 0 Å². The summed E-state index contributed by atoms with van der Waals surface area (Å²) in [6, 6.07) is 1.39. The van der Waals surface area contributed by atoms with Crippen molar-refractivity contribution >= 4 is 0 Å². The second kappa shape index (κ2) is 6.34. The maximum atomic E-state index is 12.9. The number of halogens is 6. The van der Waals surface area contributed by atoms with Crippen molar-refractivity contribution in [2.75, 3.05) is 0 Å². The van der Waals surface area contributed by atoms with Crippen LogP contribution in [0.2, 0.25) is 0 Å². The fraction of sp³-hybridized carbons (Fsp3) is 0.625. The number of benzene rings is 1. The highest BCUT2D eigenvalue weighted by Gasteiger charge is 2.40. The Kier molecular flexibility index (Phi) is 4.99. The summed E-state index contributed by atoms with van der Waals surface area (Å²) in [5.74, 6) is 0. The molecular formula is C16H18F6O. The predicted molar refractivity (Wildman–Crippen MR) is 72.7 cm³/mol. The normalized spacial score (nSPS) is 20.0. The van der Waals surface area contributed by atoms with Gasteiger partial charge >= 0.3 is 12.4 Å². The van der Waals surface area contributed by atoms with Gasteiger partial charge in [0.1, 0.15) is 0 Å². The second-order valence-corrected chi connectivity index (χ2v) is 6.09. The molecule has 0 heterocycles. The SMILES string of the molecule is OC1(c2cc(C(F)(F)F)cc(C(F)(F)F)c2)CCCCCCC1. The number of hydrogen-bond donors (Lipinski definition) is 1. The first-order valence-corrected chi connectivity index (χ1v) is 7.55. The third-order valence-corrected chi connectivity index (χ3v) is 4.31. The Morgan fingerprint density at radius 3 is 1.48 bits per heavy atom. The molecule has 1 aliphatic rings. The van der Waals surface area contributed by atoms with E-state index in [4.69, 9.17) is 0 Å². The molecule has 1 aromatic rings. The zero-order valence-electron chi connectivity index (χ0n) is 12.4. The van der Waals surface area contributed by atoms with E-state index in [1.807, 2.05) is 0 Å². The van der Waals surface area contributed by atoms with Crippen molar-refractivity contribution in [2.24, 2.45) is 0 Å². The van der Waals surface area contributed by atoms with Crippen LogP contribution >= 0.6 is 0 Å². The molecule has 130 valence electrons. The molecule has 0 atom stereocenters. The highest BCUT2D eigenvalue weighted by molar-refractivity contribution is 5.36. The molecule has 0 saturated heterocycles. The lowest BCUT2D eigenvalue weighted by Gasteiger charge is -2.31. The van der Waals surface area contributed by atoms with Gasteiger partial charge in [0.15, 0.2) is 0 Å². The minimum Gasteiger partial charge on any atom is -0.385 e. The van der Waals surface area contributed by atoms with Crippen LogP contribution in [0.4, 0.5) is 26.3 Å². The highest BCUT2D eigenvalue weighted by atomic mass is 19.4. The largest absolute Gasteiger partial charge is 0.416 e. The average Bonchev–Trinajstić information content (AvgIpc) is 2.41. The topological polar surface area (TPSA) is 20.2 Å². The third-order valence-electron chi connectivity index (χ3n) is 4.31. The van der Waals surface area contributed by atoms with Gasteiger partial charge in [0.2, 0.25) is 0 Å². The summed E-state index contributed by atoms with van der Waals surface area (Å²) in [6.07, 6.45) is -5.70. The molecule has 0 amide bonds. The van der Waals surface area contributed by atoms with Crippen LogP contribution in [0.15, 0.2) is 18.2 Å². The summed E-state index contributed by atoms with van der Waals surface area (Å²) >= 11 is 0. The molecule has 2 rings (SSSR count). The number of aliphatic hydroxyl groups is 1. The summed E-state index contributed by atoms with van der Waals surface area (Å²) in [6.45, 7) is 0. The summed E-state index contributed by atoms with van der Waals surface area (Å²) in [7, 11) is 0. The maximum absolute atomic E-state index is 12.9. The van der Waals surface area contributed by atoms with Crippen molar-refractivity contribution in [3.05, 3.63) is 34.9 Å². The van der Waals surface area contributed by atoms with E-state index in [2.05, 4.69) is 0 Å². The standard InChI is InChI=1S/C16H18F6O/c17-15(18,19)12-8-11(9-13(10-12)16(20,21)22)14(23)6-4-2-1-3-5-7-14/h8-10,23H,1-7H2. The van der Waals surface area contributed by atoms with Crippen molar-refractivity contribution in [2.45, 2.75) is 62.9 Å². The van der Waals surface area contributed by atoms with Gasteiger partial charge in [-0.05, 0) is 36.6 Å². The van der Waals surface area contributed by atoms with E-state index < -0.39 is 29.1 Å². The van der Waals surface area contributed by atoms with Gasteiger partial charge in [-0.2, -0.15) is 26.3 Å². The van der Waals surface area contributed by atoms with Crippen LogP contribution in [-0.4, -0.2) is 5.11 Å². The van der Waals surface area contributed by atoms with E-state index in [9.17, 15) is 31.4 Å². The molecule has 1 saturated carbocycles. The molecule has 0 aliphatic heterocycles. The number of alkyl halides is 6. The number of hydrogen-bond acceptors (Lipinski definition) is 1. The molecule has 0 bridgehead atoms. The van der Waals surface area contributed by atoms with Gasteiger partial charge < -0.3 is 5.11 Å². The van der Waals surface area contributed by atoms with Crippen molar-refractivity contribution < 1.29 is 31.4 Å². The van der Waals surface area contributed by atoms with Crippen molar-refractivity contribution in [1.82, 2.24) is 0 Å². The minimum absolute atomic E-state index is 0.0930. The Balaban J connectivity index is 2.51. The molecule has 1 fully saturated rings. The van der Waals surface area contributed by atoms with Crippen molar-refractivity contribution in [3.63, 3.8) is 0 Å². The molecular weight excluding hydrogens is 322 g/mol. The fourth-order valence-corrected chi connectivity index (χ4v) is 3.00. The lowest BCUT2D eigenvalue weighted by molar-refractivity contribution is -0.143. The van der Waals surface area contributed by atoms with Crippen LogP contribution in [0.1, 0.15) is 61.6 Å². The summed E-state index contributed by atoms with van der Waals surface area (Å²) in [5, 5.41) is 10.7. The Labute approximate surface area is 130 Å². The zero-order chi connectivity index (χ0) is 17.3. The van der Waals surface area contributed by atoms with Crippen LogP contribution in [-0.2, 0) is 18.0 Å². The zero-order valence-corrected chi connectivity index (χ0v) is 12.4. The maximum Gasteiger partial charge on any atom is 0.416 e. The Bertz CT molecular complexity index is 506. The minimum atomic E-state index is -4.89. The molecule has 23 heavy (non-hydrogen) atoms. The van der Waals surface area contributed by atoms with E-state index in [1.54, 1.807) is 0 Å². The first kappa shape index (κ1) is 18.1. The molecule has 7 heteroatoms. The van der Waals surface area contributed by atoms with E-state index in [-0.39, 0.29) is 24.5 Å². The first-order chi connectivity index (χ1) is 10.5. The Morgan fingerprint density at radius 1 is 0.696 bits per heavy atom. The second-order valence-electron chi connectivity index (χ2n) is 6.09. The monoisotopic (exact) mass is 340 g/mol. The Morgan fingerprint density at radius 2 is 1.09 bits per heavy atom. The van der Waals surface area contributed by atoms with Gasteiger partial charge in [-0.3, -0.25) is 0 Å². The number of rotatable bonds is 1. The summed E-state index contributed by atoms with van der Waals surface area (Å²) in [4.78, 5) is 0. The van der Waals surface area contributed by atoms with Crippen LogP contribution in [0, 0.1) is 0 Å². The quantitative estimate of drug-likeness (QED) is 0.655. The summed E-state index contributed by atoms with van der Waals surface area (Å²) < 4.78 is 77.5. The molecule has 0 spiro atoms. The van der Waals surface area contributed by atoms with Gasteiger partial charge in [-0.15, -0.1) is 0 Å². The smallest absolute Gasteiger partial charge is 0.385 e. The van der Waals surface area contributed by atoms with E-state index >= 15 is 0 Å². The van der Waals surface area contributed by atoms with Gasteiger partial charge in [0.25, 0.3) is 0 Å². The van der Waals surface area contributed by atoms with Gasteiger partial charge in [0.05, 0.1) is 16.7 Å². The van der Waals surface area contributed by atoms with E-state index in [0.29, 0.717) is 25.0 Å². The Hall–Kier alpha value is -1.24. The fourth-order valence-electron chi connectivity index (χ4n) is 3.00. The lowest BCUT2D eigenvalue weighted by atomic mass is 9.80. The van der Waals surface area contributed by atoms with E-state index in [0.717, 1.165) is 19.3 Å².